The Balaban J connectivity index is 0.000000427. The van der Waals surface area contributed by atoms with Crippen LogP contribution in [0.4, 0.5) is 0 Å². The van der Waals surface area contributed by atoms with Crippen LogP contribution in [0, 0.1) is 0 Å². The standard InChI is InChI=1S/C24H28N2O3S.C4H4N2O2/c1-3-5-10-22-25-23(30-4-2)21(16-27)26(22)15-17-11-13-18(14-12-17)19-8-6-7-9-20(19)24(28)29;7-4(8)3-1-5-2-6-3/h6-9,11-14,27H,3-5,10,15-16H2,1-2H3,(H,28,29);1-2H,(H,5,6)(H,7,8). The molecule has 4 aromatic rings. The van der Waals surface area contributed by atoms with E-state index in [-0.39, 0.29) is 12.3 Å². The van der Waals surface area contributed by atoms with Crippen LogP contribution in [-0.4, -0.2) is 52.5 Å². The van der Waals surface area contributed by atoms with E-state index in [1.165, 1.54) is 12.5 Å². The summed E-state index contributed by atoms with van der Waals surface area (Å²) in [6.45, 7) is 4.85. The van der Waals surface area contributed by atoms with Gasteiger partial charge in [-0.3, -0.25) is 0 Å². The fraction of sp³-hybridized carbons (Fsp3) is 0.286. The fourth-order valence-corrected chi connectivity index (χ4v) is 4.68. The normalized spacial score (nSPS) is 10.6. The number of hydrogen-bond donors (Lipinski definition) is 4. The van der Waals surface area contributed by atoms with Gasteiger partial charge in [-0.2, -0.15) is 0 Å². The molecular formula is C28H32N4O5S. The molecule has 0 fully saturated rings. The summed E-state index contributed by atoms with van der Waals surface area (Å²) in [6.07, 6.45) is 5.61. The molecule has 10 heteroatoms. The van der Waals surface area contributed by atoms with Crippen LogP contribution < -0.4 is 0 Å². The number of thioether (sulfide) groups is 1. The number of aromatic amines is 1. The van der Waals surface area contributed by atoms with Gasteiger partial charge in [0.1, 0.15) is 16.5 Å². The quantitative estimate of drug-likeness (QED) is 0.188. The van der Waals surface area contributed by atoms with Gasteiger partial charge in [-0.25, -0.2) is 19.6 Å². The summed E-state index contributed by atoms with van der Waals surface area (Å²) in [7, 11) is 0. The Bertz CT molecular complexity index is 1330. The molecule has 0 atom stereocenters. The molecule has 4 rings (SSSR count). The van der Waals surface area contributed by atoms with Gasteiger partial charge in [0.25, 0.3) is 0 Å². The first-order valence-corrected chi connectivity index (χ1v) is 13.3. The monoisotopic (exact) mass is 536 g/mol. The molecule has 2 heterocycles. The van der Waals surface area contributed by atoms with E-state index in [0.717, 1.165) is 52.7 Å². The average molecular weight is 537 g/mol. The second-order valence-corrected chi connectivity index (χ2v) is 9.63. The Labute approximate surface area is 225 Å². The van der Waals surface area contributed by atoms with Gasteiger partial charge in [-0.15, -0.1) is 11.8 Å². The molecule has 0 amide bonds. The topological polar surface area (TPSA) is 141 Å². The van der Waals surface area contributed by atoms with Gasteiger partial charge in [0.15, 0.2) is 0 Å². The number of rotatable bonds is 11. The highest BCUT2D eigenvalue weighted by atomic mass is 32.2. The summed E-state index contributed by atoms with van der Waals surface area (Å²) in [5.41, 5.74) is 3.95. The maximum atomic E-state index is 11.5. The number of carboxylic acid groups (broad SMARTS) is 2. The summed E-state index contributed by atoms with van der Waals surface area (Å²) in [5, 5.41) is 28.6. The molecule has 0 radical (unpaired) electrons. The van der Waals surface area contributed by atoms with Crippen molar-refractivity contribution < 1.29 is 24.9 Å². The van der Waals surface area contributed by atoms with E-state index in [1.54, 1.807) is 23.9 Å². The van der Waals surface area contributed by atoms with Crippen LogP contribution in [0.15, 0.2) is 66.1 Å². The van der Waals surface area contributed by atoms with Crippen molar-refractivity contribution in [1.29, 1.82) is 0 Å². The summed E-state index contributed by atoms with van der Waals surface area (Å²) in [5.74, 6) is 0.0106. The van der Waals surface area contributed by atoms with Gasteiger partial charge in [-0.05, 0) is 34.9 Å². The van der Waals surface area contributed by atoms with Crippen LogP contribution >= 0.6 is 11.8 Å². The second-order valence-electron chi connectivity index (χ2n) is 8.38. The summed E-state index contributed by atoms with van der Waals surface area (Å²) < 4.78 is 2.13. The number of imidazole rings is 2. The number of aromatic carboxylic acids is 2. The molecule has 2 aromatic heterocycles. The number of nitrogens with one attached hydrogen (secondary N) is 1. The number of aromatic nitrogens is 4. The van der Waals surface area contributed by atoms with Crippen molar-refractivity contribution in [3.8, 4) is 11.1 Å². The van der Waals surface area contributed by atoms with Crippen LogP contribution in [0.5, 0.6) is 0 Å². The van der Waals surface area contributed by atoms with E-state index in [2.05, 4.69) is 28.4 Å². The molecule has 0 aliphatic rings. The number of carboxylic acids is 2. The molecule has 0 aliphatic heterocycles. The van der Waals surface area contributed by atoms with Gasteiger partial charge in [0.05, 0.1) is 30.4 Å². The molecule has 0 unspecified atom stereocenters. The zero-order chi connectivity index (χ0) is 27.5. The predicted octanol–water partition coefficient (Wildman–Crippen LogP) is 5.35. The number of carbonyl (C=O) groups is 2. The first-order valence-electron chi connectivity index (χ1n) is 12.3. The average Bonchev–Trinajstić information content (AvgIpc) is 3.57. The maximum Gasteiger partial charge on any atom is 0.353 e. The summed E-state index contributed by atoms with van der Waals surface area (Å²) in [6, 6.07) is 15.0. The summed E-state index contributed by atoms with van der Waals surface area (Å²) in [4.78, 5) is 32.2. The van der Waals surface area contributed by atoms with E-state index in [9.17, 15) is 19.8 Å². The van der Waals surface area contributed by atoms with Gasteiger partial charge >= 0.3 is 11.9 Å². The van der Waals surface area contributed by atoms with Crippen molar-refractivity contribution in [2.24, 2.45) is 0 Å². The van der Waals surface area contributed by atoms with Gasteiger partial charge in [0.2, 0.25) is 0 Å². The number of hydrogen-bond acceptors (Lipinski definition) is 6. The zero-order valence-corrected chi connectivity index (χ0v) is 22.2. The number of H-pyrrole nitrogens is 1. The van der Waals surface area contributed by atoms with Crippen molar-refractivity contribution in [2.75, 3.05) is 5.75 Å². The van der Waals surface area contributed by atoms with Crippen molar-refractivity contribution in [3.63, 3.8) is 0 Å². The number of unbranched alkanes of at least 4 members (excludes halogenated alkanes) is 1. The second kappa shape index (κ2) is 14.2. The molecular weight excluding hydrogens is 504 g/mol. The van der Waals surface area contributed by atoms with Gasteiger partial charge < -0.3 is 24.9 Å². The number of aliphatic hydroxyl groups excluding tert-OH is 1. The van der Waals surface area contributed by atoms with Gasteiger partial charge in [0, 0.05) is 13.0 Å². The Hall–Kier alpha value is -3.89. The van der Waals surface area contributed by atoms with E-state index in [4.69, 9.17) is 10.1 Å². The van der Waals surface area contributed by atoms with Crippen molar-refractivity contribution >= 4 is 23.7 Å². The largest absolute Gasteiger partial charge is 0.478 e. The number of benzene rings is 2. The Morgan fingerprint density at radius 3 is 2.32 bits per heavy atom. The first-order chi connectivity index (χ1) is 18.4. The molecule has 0 saturated carbocycles. The summed E-state index contributed by atoms with van der Waals surface area (Å²) >= 11 is 1.66. The lowest BCUT2D eigenvalue weighted by Gasteiger charge is -2.12. The predicted molar refractivity (Wildman–Crippen MR) is 147 cm³/mol. The first kappa shape index (κ1) is 28.7. The zero-order valence-electron chi connectivity index (χ0n) is 21.4. The molecule has 0 saturated heterocycles. The van der Waals surface area contributed by atoms with Crippen molar-refractivity contribution in [2.45, 2.75) is 51.3 Å². The van der Waals surface area contributed by atoms with E-state index in [1.807, 2.05) is 36.4 Å². The van der Waals surface area contributed by atoms with Crippen LogP contribution in [0.2, 0.25) is 0 Å². The van der Waals surface area contributed by atoms with Crippen LogP contribution in [0.3, 0.4) is 0 Å². The minimum absolute atomic E-state index is 0.0362. The Kier molecular flexibility index (Phi) is 10.7. The highest BCUT2D eigenvalue weighted by Crippen LogP contribution is 2.27. The molecule has 2 aromatic carbocycles. The number of aliphatic hydroxyl groups is 1. The van der Waals surface area contributed by atoms with E-state index in [0.29, 0.717) is 17.7 Å². The van der Waals surface area contributed by atoms with Crippen molar-refractivity contribution in [1.82, 2.24) is 19.5 Å². The fourth-order valence-electron chi connectivity index (χ4n) is 3.90. The molecule has 9 nitrogen and oxygen atoms in total. The molecule has 38 heavy (non-hydrogen) atoms. The third-order valence-corrected chi connectivity index (χ3v) is 6.68. The highest BCUT2D eigenvalue weighted by Gasteiger charge is 2.17. The van der Waals surface area contributed by atoms with E-state index < -0.39 is 11.9 Å². The lowest BCUT2D eigenvalue weighted by molar-refractivity contribution is 0.0683. The SMILES string of the molecule is CCCCc1nc(SCC)c(CO)n1Cc1ccc(-c2ccccc2C(=O)O)cc1.O=C(O)c1cnc[nH]1. The minimum Gasteiger partial charge on any atom is -0.478 e. The minimum atomic E-state index is -0.984. The highest BCUT2D eigenvalue weighted by molar-refractivity contribution is 7.99. The van der Waals surface area contributed by atoms with Crippen LogP contribution in [0.1, 0.15) is 64.6 Å². The molecule has 0 aliphatic carbocycles. The maximum absolute atomic E-state index is 11.5. The van der Waals surface area contributed by atoms with E-state index >= 15 is 0 Å². The third-order valence-electron chi connectivity index (χ3n) is 5.79. The van der Waals surface area contributed by atoms with Gasteiger partial charge in [-0.1, -0.05) is 62.7 Å². The Morgan fingerprint density at radius 1 is 1.03 bits per heavy atom. The van der Waals surface area contributed by atoms with Crippen LogP contribution in [0.25, 0.3) is 11.1 Å². The number of aryl methyl sites for hydroxylation is 1. The molecule has 0 bridgehead atoms. The molecule has 0 spiro atoms. The van der Waals surface area contributed by atoms with Crippen molar-refractivity contribution in [3.05, 3.63) is 89.4 Å². The lowest BCUT2D eigenvalue weighted by atomic mass is 9.99. The van der Waals surface area contributed by atoms with Crippen LogP contribution in [-0.2, 0) is 19.6 Å². The third kappa shape index (κ3) is 7.33. The number of nitrogens with zero attached hydrogens (tertiary/aromatic N) is 3. The molecule has 4 N–H and O–H groups in total. The molecule has 200 valence electrons. The lowest BCUT2D eigenvalue weighted by Crippen LogP contribution is -2.09. The smallest absolute Gasteiger partial charge is 0.353 e. The Morgan fingerprint density at radius 2 is 1.76 bits per heavy atom.